The normalized spacial score (nSPS) is 9.14. The highest BCUT2D eigenvalue weighted by molar-refractivity contribution is 5.75. The van der Waals surface area contributed by atoms with Gasteiger partial charge >= 0.3 is 0 Å². The molecule has 3 heteroatoms. The second-order valence-corrected chi connectivity index (χ2v) is 4.97. The maximum absolute atomic E-state index is 11.4. The van der Waals surface area contributed by atoms with Crippen molar-refractivity contribution in [1.82, 2.24) is 10.2 Å². The van der Waals surface area contributed by atoms with Crippen LogP contribution in [0.25, 0.3) is 0 Å². The molecule has 0 bridgehead atoms. The van der Waals surface area contributed by atoms with E-state index in [2.05, 4.69) is 36.2 Å². The molecule has 1 aromatic rings. The molecule has 0 radical (unpaired) electrons. The lowest BCUT2D eigenvalue weighted by Gasteiger charge is -2.07. The predicted octanol–water partition coefficient (Wildman–Crippen LogP) is 3.43. The van der Waals surface area contributed by atoms with Crippen LogP contribution in [0.5, 0.6) is 0 Å². The van der Waals surface area contributed by atoms with Crippen LogP contribution in [0.2, 0.25) is 0 Å². The fourth-order valence-electron chi connectivity index (χ4n) is 1.73. The van der Waals surface area contributed by atoms with Crippen LogP contribution in [0, 0.1) is 11.8 Å². The predicted molar refractivity (Wildman–Crippen MR) is 94.6 cm³/mol. The van der Waals surface area contributed by atoms with Crippen LogP contribution in [-0.4, -0.2) is 31.4 Å². The summed E-state index contributed by atoms with van der Waals surface area (Å²) in [4.78, 5) is 13.0. The molecule has 122 valence electrons. The molecule has 22 heavy (non-hydrogen) atoms. The number of benzene rings is 1. The molecule has 0 saturated carbocycles. The number of rotatable bonds is 6. The molecule has 0 aromatic heterocycles. The van der Waals surface area contributed by atoms with E-state index in [1.54, 1.807) is 19.0 Å². The Balaban J connectivity index is 0.00000211. The molecule has 0 heterocycles. The third-order valence-electron chi connectivity index (χ3n) is 2.88. The van der Waals surface area contributed by atoms with Gasteiger partial charge in [-0.05, 0) is 30.7 Å². The summed E-state index contributed by atoms with van der Waals surface area (Å²) in [5, 5.41) is 3.37. The first kappa shape index (κ1) is 20.2. The topological polar surface area (TPSA) is 32.3 Å². The summed E-state index contributed by atoms with van der Waals surface area (Å²) < 4.78 is 0. The Bertz CT molecular complexity index is 484. The summed E-state index contributed by atoms with van der Waals surface area (Å²) in [6.45, 7) is 8.06. The van der Waals surface area contributed by atoms with Gasteiger partial charge in [-0.15, -0.1) is 0 Å². The fraction of sp³-hybridized carbons (Fsp3) is 0.526. The molecule has 1 rings (SSSR count). The molecule has 1 N–H and O–H groups in total. The average molecular weight is 302 g/mol. The van der Waals surface area contributed by atoms with Crippen molar-refractivity contribution in [3.8, 4) is 11.8 Å². The molecule has 0 spiro atoms. The Hall–Kier alpha value is -1.79. The zero-order valence-electron chi connectivity index (χ0n) is 14.7. The van der Waals surface area contributed by atoms with Gasteiger partial charge in [-0.2, -0.15) is 0 Å². The number of nitrogens with zero attached hydrogens (tertiary/aromatic N) is 1. The van der Waals surface area contributed by atoms with Gasteiger partial charge in [0.1, 0.15) is 0 Å². The lowest BCUT2D eigenvalue weighted by atomic mass is 10.1. The Labute approximate surface area is 136 Å². The Morgan fingerprint density at radius 2 is 2.00 bits per heavy atom. The zero-order chi connectivity index (χ0) is 16.8. The SMILES string of the molecule is CC.CCCNCc1cccc(C#CCCC(=O)N(C)C)c1. The fourth-order valence-corrected chi connectivity index (χ4v) is 1.73. The van der Waals surface area contributed by atoms with Gasteiger partial charge in [-0.3, -0.25) is 4.79 Å². The minimum Gasteiger partial charge on any atom is -0.349 e. The summed E-state index contributed by atoms with van der Waals surface area (Å²) >= 11 is 0. The van der Waals surface area contributed by atoms with Crippen molar-refractivity contribution in [1.29, 1.82) is 0 Å². The third-order valence-corrected chi connectivity index (χ3v) is 2.88. The lowest BCUT2D eigenvalue weighted by Crippen LogP contribution is -2.20. The van der Waals surface area contributed by atoms with Crippen molar-refractivity contribution < 1.29 is 4.79 Å². The van der Waals surface area contributed by atoms with E-state index in [9.17, 15) is 4.79 Å². The second kappa shape index (κ2) is 12.9. The van der Waals surface area contributed by atoms with Crippen molar-refractivity contribution in [3.63, 3.8) is 0 Å². The molecule has 1 amide bonds. The largest absolute Gasteiger partial charge is 0.349 e. The van der Waals surface area contributed by atoms with Crippen LogP contribution in [0.4, 0.5) is 0 Å². The standard InChI is InChI=1S/C17H24N2O.C2H6/c1-4-12-18-14-16-10-7-9-15(13-16)8-5-6-11-17(20)19(2)3;1-2/h7,9-10,13,18H,4,6,11-12,14H2,1-3H3;1-2H3. The highest BCUT2D eigenvalue weighted by Gasteiger charge is 2.00. The molecule has 0 atom stereocenters. The van der Waals surface area contributed by atoms with E-state index in [1.807, 2.05) is 26.0 Å². The van der Waals surface area contributed by atoms with E-state index < -0.39 is 0 Å². The first-order chi connectivity index (χ1) is 10.6. The molecule has 3 nitrogen and oxygen atoms in total. The number of hydrogen-bond donors (Lipinski definition) is 1. The molecule has 1 aromatic carbocycles. The molecule has 0 unspecified atom stereocenters. The van der Waals surface area contributed by atoms with E-state index in [1.165, 1.54) is 5.56 Å². The van der Waals surface area contributed by atoms with Crippen molar-refractivity contribution in [2.24, 2.45) is 0 Å². The summed E-state index contributed by atoms with van der Waals surface area (Å²) in [5.41, 5.74) is 2.26. The number of nitrogens with one attached hydrogen (secondary N) is 1. The smallest absolute Gasteiger partial charge is 0.223 e. The molecule has 0 aliphatic carbocycles. The number of hydrogen-bond acceptors (Lipinski definition) is 2. The molecule has 0 aliphatic rings. The van der Waals surface area contributed by atoms with Gasteiger partial charge in [0, 0.05) is 39.0 Å². The number of amides is 1. The van der Waals surface area contributed by atoms with Gasteiger partial charge in [0.15, 0.2) is 0 Å². The molecular formula is C19H30N2O. The van der Waals surface area contributed by atoms with Crippen molar-refractivity contribution in [2.45, 2.75) is 46.6 Å². The maximum atomic E-state index is 11.4. The summed E-state index contributed by atoms with van der Waals surface area (Å²) in [6.07, 6.45) is 2.23. The van der Waals surface area contributed by atoms with Crippen LogP contribution in [-0.2, 0) is 11.3 Å². The monoisotopic (exact) mass is 302 g/mol. The highest BCUT2D eigenvalue weighted by atomic mass is 16.2. The van der Waals surface area contributed by atoms with Gasteiger partial charge in [0.25, 0.3) is 0 Å². The quantitative estimate of drug-likeness (QED) is 0.645. The maximum Gasteiger partial charge on any atom is 0.223 e. The molecule has 0 fully saturated rings. The van der Waals surface area contributed by atoms with Crippen molar-refractivity contribution >= 4 is 5.91 Å². The Kier molecular flexibility index (Phi) is 11.9. The van der Waals surface area contributed by atoms with Crippen LogP contribution in [0.15, 0.2) is 24.3 Å². The highest BCUT2D eigenvalue weighted by Crippen LogP contribution is 2.04. The summed E-state index contributed by atoms with van der Waals surface area (Å²) in [5.74, 6) is 6.31. The Morgan fingerprint density at radius 3 is 2.64 bits per heavy atom. The number of carbonyl (C=O) groups excluding carboxylic acids is 1. The Morgan fingerprint density at radius 1 is 1.27 bits per heavy atom. The summed E-state index contributed by atoms with van der Waals surface area (Å²) in [7, 11) is 3.53. The van der Waals surface area contributed by atoms with Gasteiger partial charge in [0.2, 0.25) is 5.91 Å². The number of carbonyl (C=O) groups is 1. The average Bonchev–Trinajstić information content (AvgIpc) is 2.54. The molecule has 0 saturated heterocycles. The van der Waals surface area contributed by atoms with Crippen molar-refractivity contribution in [3.05, 3.63) is 35.4 Å². The van der Waals surface area contributed by atoms with Gasteiger partial charge in [-0.1, -0.05) is 44.7 Å². The van der Waals surface area contributed by atoms with Crippen LogP contribution < -0.4 is 5.32 Å². The minimum atomic E-state index is 0.122. The van der Waals surface area contributed by atoms with E-state index in [0.29, 0.717) is 12.8 Å². The van der Waals surface area contributed by atoms with Crippen LogP contribution in [0.3, 0.4) is 0 Å². The van der Waals surface area contributed by atoms with E-state index in [-0.39, 0.29) is 5.91 Å². The van der Waals surface area contributed by atoms with Crippen molar-refractivity contribution in [2.75, 3.05) is 20.6 Å². The minimum absolute atomic E-state index is 0.122. The first-order valence-corrected chi connectivity index (χ1v) is 8.12. The van der Waals surface area contributed by atoms with E-state index in [4.69, 9.17) is 0 Å². The van der Waals surface area contributed by atoms with Gasteiger partial charge in [0.05, 0.1) is 0 Å². The third kappa shape index (κ3) is 9.20. The summed E-state index contributed by atoms with van der Waals surface area (Å²) in [6, 6.07) is 8.23. The van der Waals surface area contributed by atoms with E-state index >= 15 is 0 Å². The first-order valence-electron chi connectivity index (χ1n) is 8.12. The zero-order valence-corrected chi connectivity index (χ0v) is 14.7. The van der Waals surface area contributed by atoms with Gasteiger partial charge in [-0.25, -0.2) is 0 Å². The second-order valence-electron chi connectivity index (χ2n) is 4.97. The molecular weight excluding hydrogens is 272 g/mol. The van der Waals surface area contributed by atoms with Gasteiger partial charge < -0.3 is 10.2 Å². The lowest BCUT2D eigenvalue weighted by molar-refractivity contribution is -0.128. The molecule has 0 aliphatic heterocycles. The van der Waals surface area contributed by atoms with E-state index in [0.717, 1.165) is 25.1 Å². The van der Waals surface area contributed by atoms with Crippen LogP contribution >= 0.6 is 0 Å². The van der Waals surface area contributed by atoms with Crippen LogP contribution in [0.1, 0.15) is 51.2 Å².